The van der Waals surface area contributed by atoms with Gasteiger partial charge in [-0.25, -0.2) is 0 Å². The molecule has 1 atom stereocenters. The van der Waals surface area contributed by atoms with Crippen molar-refractivity contribution in [2.75, 3.05) is 13.1 Å². The van der Waals surface area contributed by atoms with Crippen molar-refractivity contribution in [3.63, 3.8) is 0 Å². The number of benzene rings is 1. The van der Waals surface area contributed by atoms with Gasteiger partial charge in [0.25, 0.3) is 5.89 Å². The maximum absolute atomic E-state index is 5.28. The Morgan fingerprint density at radius 1 is 1.08 bits per heavy atom. The van der Waals surface area contributed by atoms with Crippen LogP contribution in [0.1, 0.15) is 37.2 Å². The summed E-state index contributed by atoms with van der Waals surface area (Å²) in [6.07, 6.45) is 4.40. The number of aryl methyl sites for hydroxylation is 1. The van der Waals surface area contributed by atoms with Gasteiger partial charge in [-0.15, -0.1) is 0 Å². The first-order valence-corrected chi connectivity index (χ1v) is 8.82. The number of hydrogen-bond acceptors (Lipinski definition) is 5. The van der Waals surface area contributed by atoms with Crippen LogP contribution in [0.5, 0.6) is 0 Å². The number of pyridine rings is 1. The monoisotopic (exact) mass is 334 g/mol. The highest BCUT2D eigenvalue weighted by Crippen LogP contribution is 2.29. The van der Waals surface area contributed by atoms with Gasteiger partial charge >= 0.3 is 0 Å². The summed E-state index contributed by atoms with van der Waals surface area (Å²) in [7, 11) is 0. The fourth-order valence-corrected chi connectivity index (χ4v) is 3.43. The molecule has 1 aliphatic rings. The quantitative estimate of drug-likeness (QED) is 0.713. The predicted octanol–water partition coefficient (Wildman–Crippen LogP) is 4.26. The molecule has 0 radical (unpaired) electrons. The molecule has 0 N–H and O–H groups in total. The lowest BCUT2D eigenvalue weighted by Gasteiger charge is -2.24. The van der Waals surface area contributed by atoms with Gasteiger partial charge in [0.15, 0.2) is 5.82 Å². The Balaban J connectivity index is 1.64. The van der Waals surface area contributed by atoms with Crippen LogP contribution in [0.4, 0.5) is 0 Å². The van der Waals surface area contributed by atoms with Gasteiger partial charge in [0.05, 0.1) is 5.69 Å². The van der Waals surface area contributed by atoms with Crippen molar-refractivity contribution in [2.45, 2.75) is 32.7 Å². The summed E-state index contributed by atoms with van der Waals surface area (Å²) in [6.45, 7) is 6.49. The molecule has 3 heterocycles. The van der Waals surface area contributed by atoms with Gasteiger partial charge in [0.2, 0.25) is 0 Å². The van der Waals surface area contributed by atoms with E-state index in [-0.39, 0.29) is 0 Å². The molecule has 25 heavy (non-hydrogen) atoms. The number of nitrogens with zero attached hydrogens (tertiary/aromatic N) is 4. The first kappa shape index (κ1) is 16.0. The van der Waals surface area contributed by atoms with Crippen molar-refractivity contribution in [1.82, 2.24) is 20.0 Å². The standard InChI is InChI=1S/C20H22N4O/c1-14(24-10-3-4-11-24)16-6-5-7-17(12-16)19-13-18(8-9-21-19)20-22-15(2)23-25-20/h5-9,12-14H,3-4,10-11H2,1-2H3/t14-/m0/s1. The van der Waals surface area contributed by atoms with Gasteiger partial charge in [0, 0.05) is 23.4 Å². The minimum absolute atomic E-state index is 0.434. The van der Waals surface area contributed by atoms with Gasteiger partial charge in [-0.3, -0.25) is 9.88 Å². The van der Waals surface area contributed by atoms with E-state index >= 15 is 0 Å². The molecule has 2 aromatic heterocycles. The van der Waals surface area contributed by atoms with Crippen LogP contribution in [-0.4, -0.2) is 33.1 Å². The zero-order valence-corrected chi connectivity index (χ0v) is 14.6. The second-order valence-electron chi connectivity index (χ2n) is 6.62. The summed E-state index contributed by atoms with van der Waals surface area (Å²) in [4.78, 5) is 11.4. The largest absolute Gasteiger partial charge is 0.334 e. The molecule has 0 amide bonds. The van der Waals surface area contributed by atoms with E-state index in [1.165, 1.54) is 31.5 Å². The number of likely N-dealkylation sites (tertiary alicyclic amines) is 1. The Kier molecular flexibility index (Phi) is 4.32. The average Bonchev–Trinajstić information content (AvgIpc) is 3.33. The summed E-state index contributed by atoms with van der Waals surface area (Å²) in [5, 5.41) is 3.86. The van der Waals surface area contributed by atoms with Crippen molar-refractivity contribution in [1.29, 1.82) is 0 Å². The first-order chi connectivity index (χ1) is 12.2. The van der Waals surface area contributed by atoms with E-state index in [0.29, 0.717) is 17.8 Å². The van der Waals surface area contributed by atoms with Crippen LogP contribution in [-0.2, 0) is 0 Å². The summed E-state index contributed by atoms with van der Waals surface area (Å²) in [5.41, 5.74) is 4.26. The maximum atomic E-state index is 5.28. The molecule has 0 unspecified atom stereocenters. The molecule has 0 bridgehead atoms. The lowest BCUT2D eigenvalue weighted by atomic mass is 10.0. The third-order valence-electron chi connectivity index (χ3n) is 4.89. The molecule has 0 aliphatic carbocycles. The highest BCUT2D eigenvalue weighted by Gasteiger charge is 2.19. The Morgan fingerprint density at radius 2 is 1.92 bits per heavy atom. The average molecular weight is 334 g/mol. The summed E-state index contributed by atoms with van der Waals surface area (Å²) in [5.74, 6) is 1.16. The molecule has 0 saturated carbocycles. The fraction of sp³-hybridized carbons (Fsp3) is 0.350. The second kappa shape index (κ2) is 6.76. The van der Waals surface area contributed by atoms with Crippen molar-refractivity contribution in [2.24, 2.45) is 0 Å². The molecular formula is C20H22N4O. The molecule has 5 heteroatoms. The minimum Gasteiger partial charge on any atom is -0.334 e. The van der Waals surface area contributed by atoms with Gasteiger partial charge in [0.1, 0.15) is 0 Å². The Bertz CT molecular complexity index is 867. The third-order valence-corrected chi connectivity index (χ3v) is 4.89. The van der Waals surface area contributed by atoms with Crippen LogP contribution in [0.25, 0.3) is 22.7 Å². The molecule has 5 nitrogen and oxygen atoms in total. The van der Waals surface area contributed by atoms with E-state index in [9.17, 15) is 0 Å². The SMILES string of the molecule is Cc1noc(-c2ccnc(-c3cccc([C@H](C)N4CCCC4)c3)c2)n1. The highest BCUT2D eigenvalue weighted by atomic mass is 16.5. The lowest BCUT2D eigenvalue weighted by Crippen LogP contribution is -2.23. The highest BCUT2D eigenvalue weighted by molar-refractivity contribution is 5.66. The molecule has 1 saturated heterocycles. The summed E-state index contributed by atoms with van der Waals surface area (Å²) < 4.78 is 5.28. The van der Waals surface area contributed by atoms with Crippen LogP contribution >= 0.6 is 0 Å². The Morgan fingerprint density at radius 3 is 2.68 bits per heavy atom. The maximum Gasteiger partial charge on any atom is 0.258 e. The second-order valence-corrected chi connectivity index (χ2v) is 6.62. The molecule has 1 aliphatic heterocycles. The molecule has 4 rings (SSSR count). The summed E-state index contributed by atoms with van der Waals surface area (Å²) >= 11 is 0. The van der Waals surface area contributed by atoms with Crippen molar-refractivity contribution in [3.05, 3.63) is 54.0 Å². The topological polar surface area (TPSA) is 55.1 Å². The van der Waals surface area contributed by atoms with Gasteiger partial charge in [-0.2, -0.15) is 4.98 Å². The molecule has 1 aromatic carbocycles. The fourth-order valence-electron chi connectivity index (χ4n) is 3.43. The zero-order chi connectivity index (χ0) is 17.2. The van der Waals surface area contributed by atoms with Crippen molar-refractivity contribution in [3.8, 4) is 22.7 Å². The van der Waals surface area contributed by atoms with Gasteiger partial charge < -0.3 is 4.52 Å². The third kappa shape index (κ3) is 3.33. The Labute approximate surface area is 147 Å². The van der Waals surface area contributed by atoms with Gasteiger partial charge in [-0.1, -0.05) is 23.4 Å². The van der Waals surface area contributed by atoms with E-state index in [1.54, 1.807) is 6.20 Å². The van der Waals surface area contributed by atoms with E-state index in [2.05, 4.69) is 51.2 Å². The van der Waals surface area contributed by atoms with E-state index in [0.717, 1.165) is 16.8 Å². The van der Waals surface area contributed by atoms with E-state index < -0.39 is 0 Å². The molecule has 1 fully saturated rings. The molecule has 128 valence electrons. The van der Waals surface area contributed by atoms with Crippen LogP contribution in [0.2, 0.25) is 0 Å². The van der Waals surface area contributed by atoms with Crippen molar-refractivity contribution < 1.29 is 4.52 Å². The van der Waals surface area contributed by atoms with Crippen LogP contribution in [0.3, 0.4) is 0 Å². The number of hydrogen-bond donors (Lipinski definition) is 0. The lowest BCUT2D eigenvalue weighted by molar-refractivity contribution is 0.263. The van der Waals surface area contributed by atoms with Crippen molar-refractivity contribution >= 4 is 0 Å². The van der Waals surface area contributed by atoms with E-state index in [4.69, 9.17) is 4.52 Å². The van der Waals surface area contributed by atoms with Crippen LogP contribution in [0.15, 0.2) is 47.1 Å². The zero-order valence-electron chi connectivity index (χ0n) is 14.6. The molecule has 3 aromatic rings. The smallest absolute Gasteiger partial charge is 0.258 e. The number of aromatic nitrogens is 3. The van der Waals surface area contributed by atoms with Gasteiger partial charge in [-0.05, 0) is 63.5 Å². The first-order valence-electron chi connectivity index (χ1n) is 8.82. The van der Waals surface area contributed by atoms with Crippen LogP contribution < -0.4 is 0 Å². The minimum atomic E-state index is 0.434. The molecule has 0 spiro atoms. The van der Waals surface area contributed by atoms with Crippen LogP contribution in [0, 0.1) is 6.92 Å². The van der Waals surface area contributed by atoms with E-state index in [1.807, 2.05) is 19.1 Å². The number of rotatable bonds is 4. The molecular weight excluding hydrogens is 312 g/mol. The Hall–Kier alpha value is -2.53. The normalized spacial score (nSPS) is 16.2. The predicted molar refractivity (Wildman–Crippen MR) is 96.9 cm³/mol. The summed E-state index contributed by atoms with van der Waals surface area (Å²) in [6, 6.07) is 13.0.